The number of ether oxygens (including phenoxy) is 1. The molecule has 2 unspecified atom stereocenters. The summed E-state index contributed by atoms with van der Waals surface area (Å²) in [6.45, 7) is 1.54. The highest BCUT2D eigenvalue weighted by Crippen LogP contribution is 2.33. The predicted octanol–water partition coefficient (Wildman–Crippen LogP) is 0.395. The largest absolute Gasteiger partial charge is 0.468 e. The first-order chi connectivity index (χ1) is 7.20. The molecule has 1 saturated carbocycles. The number of hydrogen-bond acceptors (Lipinski definition) is 4. The van der Waals surface area contributed by atoms with Crippen LogP contribution in [-0.4, -0.2) is 48.3 Å². The van der Waals surface area contributed by atoms with Crippen molar-refractivity contribution in [2.45, 2.75) is 37.8 Å². The number of nitrogens with zero attached hydrogens (tertiary/aromatic N) is 1. The van der Waals surface area contributed by atoms with Crippen LogP contribution in [0.5, 0.6) is 0 Å². The minimum absolute atomic E-state index is 0.206. The van der Waals surface area contributed by atoms with Gasteiger partial charge in [0.05, 0.1) is 13.2 Å². The first-order valence-corrected chi connectivity index (χ1v) is 5.70. The fraction of sp³-hybridized carbons (Fsp3) is 0.909. The molecule has 2 atom stereocenters. The van der Waals surface area contributed by atoms with Gasteiger partial charge in [0.25, 0.3) is 0 Å². The van der Waals surface area contributed by atoms with Gasteiger partial charge in [-0.2, -0.15) is 0 Å². The Morgan fingerprint density at radius 3 is 2.87 bits per heavy atom. The standard InChI is InChI=1S/C11H19NO3/c1-15-11(14)10-6-9(13)7-12(10)5-4-8-2-3-8/h8-10,13H,2-7H2,1H3. The van der Waals surface area contributed by atoms with E-state index in [-0.39, 0.29) is 18.1 Å². The lowest BCUT2D eigenvalue weighted by atomic mass is 10.2. The Kier molecular flexibility index (Phi) is 3.26. The van der Waals surface area contributed by atoms with E-state index in [1.807, 2.05) is 0 Å². The number of β-amino-alcohol motifs (C(OH)–C–C–N with tert-alkyl or cyclic N) is 1. The van der Waals surface area contributed by atoms with Gasteiger partial charge < -0.3 is 9.84 Å². The average Bonchev–Trinajstić information content (AvgIpc) is 2.98. The molecule has 0 amide bonds. The van der Waals surface area contributed by atoms with Crippen molar-refractivity contribution in [1.29, 1.82) is 0 Å². The van der Waals surface area contributed by atoms with Crippen molar-refractivity contribution < 1.29 is 14.6 Å². The van der Waals surface area contributed by atoms with E-state index in [0.29, 0.717) is 13.0 Å². The molecule has 1 N–H and O–H groups in total. The van der Waals surface area contributed by atoms with Crippen LogP contribution < -0.4 is 0 Å². The molecule has 15 heavy (non-hydrogen) atoms. The van der Waals surface area contributed by atoms with E-state index in [1.165, 1.54) is 20.0 Å². The topological polar surface area (TPSA) is 49.8 Å². The molecule has 86 valence electrons. The van der Waals surface area contributed by atoms with Crippen molar-refractivity contribution in [2.24, 2.45) is 5.92 Å². The maximum Gasteiger partial charge on any atom is 0.323 e. The zero-order valence-corrected chi connectivity index (χ0v) is 9.19. The monoisotopic (exact) mass is 213 g/mol. The van der Waals surface area contributed by atoms with E-state index in [0.717, 1.165) is 18.9 Å². The fourth-order valence-electron chi connectivity index (χ4n) is 2.26. The van der Waals surface area contributed by atoms with Gasteiger partial charge in [-0.3, -0.25) is 9.69 Å². The Hall–Kier alpha value is -0.610. The molecule has 4 nitrogen and oxygen atoms in total. The maximum absolute atomic E-state index is 11.5. The molecule has 0 aromatic rings. The summed E-state index contributed by atoms with van der Waals surface area (Å²) in [5, 5.41) is 9.55. The Morgan fingerprint density at radius 1 is 1.53 bits per heavy atom. The molecule has 2 fully saturated rings. The third kappa shape index (κ3) is 2.69. The second kappa shape index (κ2) is 4.49. The molecule has 0 aromatic carbocycles. The smallest absolute Gasteiger partial charge is 0.323 e. The summed E-state index contributed by atoms with van der Waals surface area (Å²) < 4.78 is 4.74. The van der Waals surface area contributed by atoms with Gasteiger partial charge in [0.15, 0.2) is 0 Å². The average molecular weight is 213 g/mol. The second-order valence-corrected chi connectivity index (χ2v) is 4.66. The van der Waals surface area contributed by atoms with Gasteiger partial charge in [-0.25, -0.2) is 0 Å². The van der Waals surface area contributed by atoms with Crippen molar-refractivity contribution in [3.05, 3.63) is 0 Å². The zero-order chi connectivity index (χ0) is 10.8. The Bertz CT molecular complexity index is 240. The number of hydrogen-bond donors (Lipinski definition) is 1. The Labute approximate surface area is 90.2 Å². The molecule has 2 aliphatic rings. The van der Waals surface area contributed by atoms with Gasteiger partial charge in [-0.15, -0.1) is 0 Å². The third-order valence-corrected chi connectivity index (χ3v) is 3.38. The number of aliphatic hydroxyl groups excluding tert-OH is 1. The number of rotatable bonds is 4. The first kappa shape index (κ1) is 10.9. The van der Waals surface area contributed by atoms with Crippen molar-refractivity contribution in [2.75, 3.05) is 20.2 Å². The molecule has 1 saturated heterocycles. The van der Waals surface area contributed by atoms with Crippen LogP contribution >= 0.6 is 0 Å². The highest BCUT2D eigenvalue weighted by molar-refractivity contribution is 5.76. The molecule has 1 aliphatic carbocycles. The number of aliphatic hydroxyl groups is 1. The number of methoxy groups -OCH3 is 1. The molecule has 4 heteroatoms. The van der Waals surface area contributed by atoms with Gasteiger partial charge in [-0.05, 0) is 18.9 Å². The number of esters is 1. The lowest BCUT2D eigenvalue weighted by molar-refractivity contribution is -0.145. The van der Waals surface area contributed by atoms with Crippen LogP contribution in [0.3, 0.4) is 0 Å². The van der Waals surface area contributed by atoms with Crippen molar-refractivity contribution in [1.82, 2.24) is 4.90 Å². The molecule has 1 aliphatic heterocycles. The van der Waals surface area contributed by atoms with Crippen LogP contribution in [-0.2, 0) is 9.53 Å². The van der Waals surface area contributed by atoms with E-state index in [1.54, 1.807) is 0 Å². The number of likely N-dealkylation sites (tertiary alicyclic amines) is 1. The second-order valence-electron chi connectivity index (χ2n) is 4.66. The van der Waals surface area contributed by atoms with E-state index in [2.05, 4.69) is 4.90 Å². The fourth-order valence-corrected chi connectivity index (χ4v) is 2.26. The lowest BCUT2D eigenvalue weighted by Crippen LogP contribution is -2.37. The molecule has 1 heterocycles. The molecule has 0 bridgehead atoms. The van der Waals surface area contributed by atoms with E-state index >= 15 is 0 Å². The Balaban J connectivity index is 1.85. The first-order valence-electron chi connectivity index (χ1n) is 5.70. The summed E-state index contributed by atoms with van der Waals surface area (Å²) in [6, 6.07) is -0.219. The summed E-state index contributed by atoms with van der Waals surface area (Å²) in [5.41, 5.74) is 0. The van der Waals surface area contributed by atoms with Crippen LogP contribution in [0.4, 0.5) is 0 Å². The van der Waals surface area contributed by atoms with E-state index in [9.17, 15) is 9.90 Å². The van der Waals surface area contributed by atoms with Crippen LogP contribution in [0.15, 0.2) is 0 Å². The number of carbonyl (C=O) groups is 1. The van der Waals surface area contributed by atoms with Crippen LogP contribution in [0, 0.1) is 5.92 Å². The predicted molar refractivity (Wildman–Crippen MR) is 55.3 cm³/mol. The number of carbonyl (C=O) groups excluding carboxylic acids is 1. The molecular weight excluding hydrogens is 194 g/mol. The van der Waals surface area contributed by atoms with Crippen molar-refractivity contribution >= 4 is 5.97 Å². The van der Waals surface area contributed by atoms with Gasteiger partial charge in [0.2, 0.25) is 0 Å². The van der Waals surface area contributed by atoms with Crippen LogP contribution in [0.1, 0.15) is 25.7 Å². The molecular formula is C11H19NO3. The van der Waals surface area contributed by atoms with Gasteiger partial charge >= 0.3 is 5.97 Å². The highest BCUT2D eigenvalue weighted by atomic mass is 16.5. The maximum atomic E-state index is 11.5. The van der Waals surface area contributed by atoms with Gasteiger partial charge in [-0.1, -0.05) is 12.8 Å². The quantitative estimate of drug-likeness (QED) is 0.687. The molecule has 0 radical (unpaired) electrons. The normalized spacial score (nSPS) is 31.9. The lowest BCUT2D eigenvalue weighted by Gasteiger charge is -2.21. The Morgan fingerprint density at radius 2 is 2.27 bits per heavy atom. The minimum atomic E-state index is -0.367. The van der Waals surface area contributed by atoms with Gasteiger partial charge in [0.1, 0.15) is 6.04 Å². The summed E-state index contributed by atoms with van der Waals surface area (Å²) in [6.07, 6.45) is 3.98. The van der Waals surface area contributed by atoms with Crippen LogP contribution in [0.25, 0.3) is 0 Å². The summed E-state index contributed by atoms with van der Waals surface area (Å²) in [7, 11) is 1.41. The zero-order valence-electron chi connectivity index (χ0n) is 9.19. The van der Waals surface area contributed by atoms with Crippen molar-refractivity contribution in [3.63, 3.8) is 0 Å². The van der Waals surface area contributed by atoms with Gasteiger partial charge in [0, 0.05) is 13.0 Å². The van der Waals surface area contributed by atoms with E-state index < -0.39 is 0 Å². The molecule has 0 aromatic heterocycles. The summed E-state index contributed by atoms with van der Waals surface area (Å²) in [4.78, 5) is 13.5. The molecule has 0 spiro atoms. The minimum Gasteiger partial charge on any atom is -0.468 e. The van der Waals surface area contributed by atoms with E-state index in [4.69, 9.17) is 4.74 Å². The summed E-state index contributed by atoms with van der Waals surface area (Å²) >= 11 is 0. The van der Waals surface area contributed by atoms with Crippen LogP contribution in [0.2, 0.25) is 0 Å². The van der Waals surface area contributed by atoms with Crippen molar-refractivity contribution in [3.8, 4) is 0 Å². The summed E-state index contributed by atoms with van der Waals surface area (Å²) in [5.74, 6) is 0.656. The third-order valence-electron chi connectivity index (χ3n) is 3.38. The SMILES string of the molecule is COC(=O)C1CC(O)CN1CCC1CC1. The highest BCUT2D eigenvalue weighted by Gasteiger charge is 2.37. The molecule has 2 rings (SSSR count).